The van der Waals surface area contributed by atoms with Gasteiger partial charge in [-0.2, -0.15) is 0 Å². The SMILES string of the molecule is Clc1[c]ccc(Nc2ccc(Br)cc2Cl)c1. The van der Waals surface area contributed by atoms with E-state index in [9.17, 15) is 0 Å². The summed E-state index contributed by atoms with van der Waals surface area (Å²) in [4.78, 5) is 0. The number of rotatable bonds is 2. The second kappa shape index (κ2) is 5.09. The van der Waals surface area contributed by atoms with Crippen LogP contribution >= 0.6 is 39.1 Å². The molecule has 1 N–H and O–H groups in total. The second-order valence-corrected chi connectivity index (χ2v) is 4.90. The number of hydrogen-bond donors (Lipinski definition) is 1. The van der Waals surface area contributed by atoms with Crippen LogP contribution in [0.5, 0.6) is 0 Å². The molecular formula is C12H7BrCl2N. The maximum absolute atomic E-state index is 6.09. The van der Waals surface area contributed by atoms with E-state index in [0.29, 0.717) is 10.0 Å². The van der Waals surface area contributed by atoms with Crippen LogP contribution in [0.3, 0.4) is 0 Å². The van der Waals surface area contributed by atoms with Crippen LogP contribution in [0.15, 0.2) is 40.9 Å². The normalized spacial score (nSPS) is 10.2. The summed E-state index contributed by atoms with van der Waals surface area (Å²) in [5.41, 5.74) is 1.72. The monoisotopic (exact) mass is 314 g/mol. The Hall–Kier alpha value is -0.700. The fourth-order valence-electron chi connectivity index (χ4n) is 1.26. The van der Waals surface area contributed by atoms with Gasteiger partial charge in [-0.15, -0.1) is 0 Å². The Balaban J connectivity index is 2.27. The Labute approximate surface area is 113 Å². The Morgan fingerprint density at radius 1 is 1.12 bits per heavy atom. The van der Waals surface area contributed by atoms with Crippen LogP contribution < -0.4 is 5.32 Å². The molecule has 0 aliphatic heterocycles. The highest BCUT2D eigenvalue weighted by Gasteiger charge is 2.01. The van der Waals surface area contributed by atoms with Crippen molar-refractivity contribution in [2.45, 2.75) is 0 Å². The van der Waals surface area contributed by atoms with E-state index in [4.69, 9.17) is 23.2 Å². The van der Waals surface area contributed by atoms with Gasteiger partial charge in [-0.3, -0.25) is 0 Å². The molecule has 81 valence electrons. The highest BCUT2D eigenvalue weighted by Crippen LogP contribution is 2.28. The average molecular weight is 316 g/mol. The fourth-order valence-corrected chi connectivity index (χ4v) is 2.16. The minimum atomic E-state index is 0.568. The van der Waals surface area contributed by atoms with Crippen molar-refractivity contribution in [1.29, 1.82) is 0 Å². The number of halogens is 3. The molecule has 2 aromatic carbocycles. The molecule has 0 bridgehead atoms. The molecule has 0 aliphatic rings. The fraction of sp³-hybridized carbons (Fsp3) is 0. The summed E-state index contributed by atoms with van der Waals surface area (Å²) in [6.07, 6.45) is 0. The third-order valence-corrected chi connectivity index (χ3v) is 3.00. The van der Waals surface area contributed by atoms with E-state index in [-0.39, 0.29) is 0 Å². The van der Waals surface area contributed by atoms with Crippen LogP contribution in [-0.2, 0) is 0 Å². The zero-order valence-corrected chi connectivity index (χ0v) is 11.2. The van der Waals surface area contributed by atoms with Gasteiger partial charge in [0.05, 0.1) is 15.7 Å². The van der Waals surface area contributed by atoms with E-state index in [1.54, 1.807) is 12.1 Å². The van der Waals surface area contributed by atoms with E-state index in [0.717, 1.165) is 15.8 Å². The van der Waals surface area contributed by atoms with Crippen LogP contribution in [0.25, 0.3) is 0 Å². The van der Waals surface area contributed by atoms with Crippen molar-refractivity contribution in [3.05, 3.63) is 57.0 Å². The minimum absolute atomic E-state index is 0.568. The molecule has 2 aromatic rings. The molecule has 16 heavy (non-hydrogen) atoms. The van der Waals surface area contributed by atoms with Crippen molar-refractivity contribution < 1.29 is 0 Å². The Morgan fingerprint density at radius 3 is 2.62 bits per heavy atom. The van der Waals surface area contributed by atoms with Crippen LogP contribution in [-0.4, -0.2) is 0 Å². The Bertz CT molecular complexity index is 514. The minimum Gasteiger partial charge on any atom is -0.354 e. The molecule has 0 saturated carbocycles. The molecule has 0 aromatic heterocycles. The molecule has 0 fully saturated rings. The topological polar surface area (TPSA) is 12.0 Å². The first-order valence-electron chi connectivity index (χ1n) is 4.54. The molecule has 0 amide bonds. The largest absolute Gasteiger partial charge is 0.354 e. The summed E-state index contributed by atoms with van der Waals surface area (Å²) < 4.78 is 0.947. The third-order valence-electron chi connectivity index (χ3n) is 1.98. The summed E-state index contributed by atoms with van der Waals surface area (Å²) in [5.74, 6) is 0. The lowest BCUT2D eigenvalue weighted by Gasteiger charge is -2.08. The molecule has 0 heterocycles. The predicted octanol–water partition coefficient (Wildman–Crippen LogP) is 5.30. The Kier molecular flexibility index (Phi) is 3.74. The van der Waals surface area contributed by atoms with E-state index in [1.807, 2.05) is 24.3 Å². The molecule has 0 unspecified atom stereocenters. The lowest BCUT2D eigenvalue weighted by atomic mass is 10.2. The number of anilines is 2. The van der Waals surface area contributed by atoms with Crippen LogP contribution in [0.4, 0.5) is 11.4 Å². The van der Waals surface area contributed by atoms with Gasteiger partial charge in [-0.25, -0.2) is 0 Å². The van der Waals surface area contributed by atoms with Crippen molar-refractivity contribution in [1.82, 2.24) is 0 Å². The smallest absolute Gasteiger partial charge is 0.0652 e. The van der Waals surface area contributed by atoms with Crippen molar-refractivity contribution in [3.63, 3.8) is 0 Å². The molecule has 0 atom stereocenters. The van der Waals surface area contributed by atoms with E-state index < -0.39 is 0 Å². The van der Waals surface area contributed by atoms with Gasteiger partial charge in [-0.1, -0.05) is 45.2 Å². The lowest BCUT2D eigenvalue weighted by molar-refractivity contribution is 1.53. The number of benzene rings is 2. The van der Waals surface area contributed by atoms with Gasteiger partial charge in [0.1, 0.15) is 0 Å². The average Bonchev–Trinajstić information content (AvgIpc) is 2.22. The first-order chi connectivity index (χ1) is 7.65. The quantitative estimate of drug-likeness (QED) is 0.793. The molecule has 2 rings (SSSR count). The van der Waals surface area contributed by atoms with Gasteiger partial charge in [0, 0.05) is 16.2 Å². The molecule has 1 radical (unpaired) electrons. The molecule has 1 nitrogen and oxygen atoms in total. The van der Waals surface area contributed by atoms with Gasteiger partial charge in [0.25, 0.3) is 0 Å². The van der Waals surface area contributed by atoms with Crippen LogP contribution in [0, 0.1) is 6.07 Å². The van der Waals surface area contributed by atoms with E-state index >= 15 is 0 Å². The van der Waals surface area contributed by atoms with E-state index in [1.165, 1.54) is 0 Å². The second-order valence-electron chi connectivity index (χ2n) is 3.17. The molecular weight excluding hydrogens is 309 g/mol. The lowest BCUT2D eigenvalue weighted by Crippen LogP contribution is -1.90. The highest BCUT2D eigenvalue weighted by atomic mass is 79.9. The summed E-state index contributed by atoms with van der Waals surface area (Å²) in [5, 5.41) is 4.40. The van der Waals surface area contributed by atoms with Crippen molar-refractivity contribution in [2.75, 3.05) is 5.32 Å². The zero-order chi connectivity index (χ0) is 11.5. The maximum atomic E-state index is 6.09. The van der Waals surface area contributed by atoms with Crippen molar-refractivity contribution in [2.24, 2.45) is 0 Å². The van der Waals surface area contributed by atoms with E-state index in [2.05, 4.69) is 27.3 Å². The number of nitrogens with one attached hydrogen (secondary N) is 1. The van der Waals surface area contributed by atoms with Gasteiger partial charge < -0.3 is 5.32 Å². The predicted molar refractivity (Wildman–Crippen MR) is 72.7 cm³/mol. The summed E-state index contributed by atoms with van der Waals surface area (Å²) >= 11 is 15.3. The van der Waals surface area contributed by atoms with Gasteiger partial charge in [0.2, 0.25) is 0 Å². The first-order valence-corrected chi connectivity index (χ1v) is 6.09. The molecule has 4 heteroatoms. The molecule has 0 spiro atoms. The standard InChI is InChI=1S/C12H7BrCl2N/c13-8-4-5-12(11(15)6-8)16-10-3-1-2-9(14)7-10/h1,3-7,16H. The van der Waals surface area contributed by atoms with Crippen LogP contribution in [0.2, 0.25) is 10.0 Å². The zero-order valence-electron chi connectivity index (χ0n) is 8.10. The first kappa shape index (κ1) is 11.8. The summed E-state index contributed by atoms with van der Waals surface area (Å²) in [7, 11) is 0. The molecule has 0 aliphatic carbocycles. The number of hydrogen-bond acceptors (Lipinski definition) is 1. The van der Waals surface area contributed by atoms with Crippen molar-refractivity contribution >= 4 is 50.5 Å². The Morgan fingerprint density at radius 2 is 1.94 bits per heavy atom. The van der Waals surface area contributed by atoms with Gasteiger partial charge in [0.15, 0.2) is 0 Å². The highest BCUT2D eigenvalue weighted by molar-refractivity contribution is 9.10. The van der Waals surface area contributed by atoms with Crippen LogP contribution in [0.1, 0.15) is 0 Å². The maximum Gasteiger partial charge on any atom is 0.0652 e. The van der Waals surface area contributed by atoms with Gasteiger partial charge >= 0.3 is 0 Å². The van der Waals surface area contributed by atoms with Gasteiger partial charge in [-0.05, 0) is 30.3 Å². The summed E-state index contributed by atoms with van der Waals surface area (Å²) in [6.45, 7) is 0. The van der Waals surface area contributed by atoms with Crippen molar-refractivity contribution in [3.8, 4) is 0 Å². The molecule has 0 saturated heterocycles. The third kappa shape index (κ3) is 2.91. The summed E-state index contributed by atoms with van der Waals surface area (Å²) in [6, 6.07) is 14.0.